The molecular formula is C16H11BrClNO2. The van der Waals surface area contributed by atoms with Gasteiger partial charge < -0.3 is 9.26 Å². The second kappa shape index (κ2) is 5.92. The molecule has 0 aliphatic carbocycles. The Morgan fingerprint density at radius 3 is 2.71 bits per heavy atom. The molecule has 2 aromatic carbocycles. The fourth-order valence-corrected chi connectivity index (χ4v) is 2.84. The van der Waals surface area contributed by atoms with E-state index < -0.39 is 0 Å². The molecule has 0 aliphatic rings. The van der Waals surface area contributed by atoms with E-state index in [9.17, 15) is 0 Å². The van der Waals surface area contributed by atoms with Crippen LogP contribution in [-0.4, -0.2) is 12.3 Å². The van der Waals surface area contributed by atoms with Crippen molar-refractivity contribution in [3.63, 3.8) is 0 Å². The van der Waals surface area contributed by atoms with E-state index >= 15 is 0 Å². The van der Waals surface area contributed by atoms with E-state index in [1.807, 2.05) is 48.5 Å². The zero-order valence-corrected chi connectivity index (χ0v) is 13.5. The van der Waals surface area contributed by atoms with E-state index in [0.29, 0.717) is 16.5 Å². The summed E-state index contributed by atoms with van der Waals surface area (Å²) >= 11 is 9.52. The summed E-state index contributed by atoms with van der Waals surface area (Å²) in [7, 11) is 1.63. The first-order valence-corrected chi connectivity index (χ1v) is 7.41. The predicted molar refractivity (Wildman–Crippen MR) is 86.6 cm³/mol. The molecule has 0 spiro atoms. The number of aromatic nitrogens is 1. The molecule has 0 atom stereocenters. The molecule has 0 saturated heterocycles. The van der Waals surface area contributed by atoms with Gasteiger partial charge in [-0.2, -0.15) is 0 Å². The van der Waals surface area contributed by atoms with E-state index in [4.69, 9.17) is 20.9 Å². The number of ether oxygens (including phenoxy) is 1. The van der Waals surface area contributed by atoms with E-state index in [0.717, 1.165) is 21.3 Å². The van der Waals surface area contributed by atoms with E-state index in [1.54, 1.807) is 7.11 Å². The number of benzene rings is 2. The molecule has 1 heterocycles. The Kier molecular flexibility index (Phi) is 3.99. The zero-order chi connectivity index (χ0) is 14.8. The maximum Gasteiger partial charge on any atom is 0.167 e. The van der Waals surface area contributed by atoms with Gasteiger partial charge in [0.1, 0.15) is 11.4 Å². The molecule has 0 fully saturated rings. The number of hydrogen-bond acceptors (Lipinski definition) is 3. The highest BCUT2D eigenvalue weighted by molar-refractivity contribution is 9.10. The Bertz CT molecular complexity index is 785. The minimum absolute atomic E-state index is 0.656. The SMILES string of the molecule is COc1cccc(Br)c1-c1cc(-c2cccc(Cl)c2)on1. The quantitative estimate of drug-likeness (QED) is 0.621. The molecule has 0 bridgehead atoms. The van der Waals surface area contributed by atoms with Gasteiger partial charge in [-0.1, -0.05) is 35.0 Å². The monoisotopic (exact) mass is 363 g/mol. The fourth-order valence-electron chi connectivity index (χ4n) is 2.09. The van der Waals surface area contributed by atoms with E-state index in [1.165, 1.54) is 0 Å². The van der Waals surface area contributed by atoms with Gasteiger partial charge in [0.05, 0.1) is 12.7 Å². The molecule has 0 aliphatic heterocycles. The summed E-state index contributed by atoms with van der Waals surface area (Å²) in [6.45, 7) is 0. The topological polar surface area (TPSA) is 35.3 Å². The Morgan fingerprint density at radius 2 is 1.95 bits per heavy atom. The summed E-state index contributed by atoms with van der Waals surface area (Å²) in [6.07, 6.45) is 0. The van der Waals surface area contributed by atoms with Crippen LogP contribution >= 0.6 is 27.5 Å². The van der Waals surface area contributed by atoms with Crippen molar-refractivity contribution in [1.29, 1.82) is 0 Å². The standard InChI is InChI=1S/C16H11BrClNO2/c1-20-14-7-3-6-12(17)16(14)13-9-15(21-19-13)10-4-2-5-11(18)8-10/h2-9H,1H3. The first-order chi connectivity index (χ1) is 10.2. The molecule has 3 rings (SSSR count). The summed E-state index contributed by atoms with van der Waals surface area (Å²) in [6, 6.07) is 15.0. The highest BCUT2D eigenvalue weighted by Gasteiger charge is 2.15. The van der Waals surface area contributed by atoms with E-state index in [2.05, 4.69) is 21.1 Å². The molecule has 0 radical (unpaired) electrons. The summed E-state index contributed by atoms with van der Waals surface area (Å²) in [4.78, 5) is 0. The Morgan fingerprint density at radius 1 is 1.14 bits per heavy atom. The lowest BCUT2D eigenvalue weighted by atomic mass is 10.1. The second-order valence-corrected chi connectivity index (χ2v) is 5.69. The van der Waals surface area contributed by atoms with Crippen molar-refractivity contribution in [2.24, 2.45) is 0 Å². The Labute approximate surface area is 135 Å². The normalized spacial score (nSPS) is 10.6. The van der Waals surface area contributed by atoms with Crippen molar-refractivity contribution >= 4 is 27.5 Å². The summed E-state index contributed by atoms with van der Waals surface area (Å²) < 4.78 is 11.7. The van der Waals surface area contributed by atoms with Gasteiger partial charge in [0.2, 0.25) is 0 Å². The summed E-state index contributed by atoms with van der Waals surface area (Å²) in [5.41, 5.74) is 2.44. The van der Waals surface area contributed by atoms with Gasteiger partial charge in [0.15, 0.2) is 5.76 Å². The molecule has 1 aromatic heterocycles. The number of halogens is 2. The molecule has 5 heteroatoms. The van der Waals surface area contributed by atoms with Crippen LogP contribution in [0, 0.1) is 0 Å². The summed E-state index contributed by atoms with van der Waals surface area (Å²) in [5.74, 6) is 1.39. The van der Waals surface area contributed by atoms with Gasteiger partial charge in [0, 0.05) is 21.1 Å². The third-order valence-electron chi connectivity index (χ3n) is 3.07. The van der Waals surface area contributed by atoms with Crippen LogP contribution in [0.5, 0.6) is 5.75 Å². The third-order valence-corrected chi connectivity index (χ3v) is 3.97. The molecule has 0 saturated carbocycles. The van der Waals surface area contributed by atoms with Crippen LogP contribution in [0.25, 0.3) is 22.6 Å². The van der Waals surface area contributed by atoms with Crippen molar-refractivity contribution in [3.05, 3.63) is 58.0 Å². The lowest BCUT2D eigenvalue weighted by molar-refractivity contribution is 0.413. The number of methoxy groups -OCH3 is 1. The van der Waals surface area contributed by atoms with Crippen LogP contribution in [0.2, 0.25) is 5.02 Å². The van der Waals surface area contributed by atoms with Crippen molar-refractivity contribution in [3.8, 4) is 28.3 Å². The molecular weight excluding hydrogens is 354 g/mol. The van der Waals surface area contributed by atoms with Crippen molar-refractivity contribution in [2.45, 2.75) is 0 Å². The third kappa shape index (κ3) is 2.82. The molecule has 21 heavy (non-hydrogen) atoms. The van der Waals surface area contributed by atoms with Crippen LogP contribution in [0.4, 0.5) is 0 Å². The smallest absolute Gasteiger partial charge is 0.167 e. The average Bonchev–Trinajstić information content (AvgIpc) is 2.96. The highest BCUT2D eigenvalue weighted by Crippen LogP contribution is 2.37. The minimum Gasteiger partial charge on any atom is -0.496 e. The van der Waals surface area contributed by atoms with Crippen LogP contribution in [0.15, 0.2) is 57.5 Å². The zero-order valence-electron chi connectivity index (χ0n) is 11.1. The van der Waals surface area contributed by atoms with Gasteiger partial charge >= 0.3 is 0 Å². The number of rotatable bonds is 3. The van der Waals surface area contributed by atoms with Crippen LogP contribution in [-0.2, 0) is 0 Å². The second-order valence-electron chi connectivity index (χ2n) is 4.40. The molecule has 0 N–H and O–H groups in total. The minimum atomic E-state index is 0.656. The molecule has 0 amide bonds. The molecule has 0 unspecified atom stereocenters. The van der Waals surface area contributed by atoms with Gasteiger partial charge in [-0.05, 0) is 40.2 Å². The largest absolute Gasteiger partial charge is 0.496 e. The van der Waals surface area contributed by atoms with Crippen LogP contribution in [0.3, 0.4) is 0 Å². The van der Waals surface area contributed by atoms with Gasteiger partial charge in [-0.3, -0.25) is 0 Å². The Hall–Kier alpha value is -1.78. The Balaban J connectivity index is 2.07. The highest BCUT2D eigenvalue weighted by atomic mass is 79.9. The number of nitrogens with zero attached hydrogens (tertiary/aromatic N) is 1. The fraction of sp³-hybridized carbons (Fsp3) is 0.0625. The van der Waals surface area contributed by atoms with Gasteiger partial charge in [0.25, 0.3) is 0 Å². The number of hydrogen-bond donors (Lipinski definition) is 0. The molecule has 3 aromatic rings. The predicted octanol–water partition coefficient (Wildman–Crippen LogP) is 5.43. The maximum absolute atomic E-state index is 6.00. The lowest BCUT2D eigenvalue weighted by Crippen LogP contribution is -1.88. The van der Waals surface area contributed by atoms with Crippen LogP contribution < -0.4 is 4.74 Å². The first-order valence-electron chi connectivity index (χ1n) is 6.24. The van der Waals surface area contributed by atoms with Crippen molar-refractivity contribution < 1.29 is 9.26 Å². The van der Waals surface area contributed by atoms with Crippen molar-refractivity contribution in [2.75, 3.05) is 7.11 Å². The lowest BCUT2D eigenvalue weighted by Gasteiger charge is -2.06. The molecule has 3 nitrogen and oxygen atoms in total. The van der Waals surface area contributed by atoms with Gasteiger partial charge in [-0.15, -0.1) is 0 Å². The van der Waals surface area contributed by atoms with Gasteiger partial charge in [-0.25, -0.2) is 0 Å². The average molecular weight is 365 g/mol. The summed E-state index contributed by atoms with van der Waals surface area (Å²) in [5, 5.41) is 4.79. The first kappa shape index (κ1) is 14.2. The van der Waals surface area contributed by atoms with Crippen LogP contribution in [0.1, 0.15) is 0 Å². The molecule has 106 valence electrons. The van der Waals surface area contributed by atoms with E-state index in [-0.39, 0.29) is 0 Å². The maximum atomic E-state index is 6.00. The van der Waals surface area contributed by atoms with Crippen molar-refractivity contribution in [1.82, 2.24) is 5.16 Å².